The lowest BCUT2D eigenvalue weighted by Crippen LogP contribution is -2.37. The Labute approximate surface area is 135 Å². The van der Waals surface area contributed by atoms with Crippen molar-refractivity contribution < 1.29 is 0 Å². The zero-order chi connectivity index (χ0) is 14.8. The third kappa shape index (κ3) is 6.73. The summed E-state index contributed by atoms with van der Waals surface area (Å²) < 4.78 is 0. The van der Waals surface area contributed by atoms with Crippen LogP contribution in [-0.2, 0) is 6.54 Å². The maximum absolute atomic E-state index is 6.13. The zero-order valence-corrected chi connectivity index (χ0v) is 14.2. The van der Waals surface area contributed by atoms with E-state index in [2.05, 4.69) is 21.9 Å². The van der Waals surface area contributed by atoms with E-state index in [1.54, 1.807) is 13.1 Å². The van der Waals surface area contributed by atoms with Gasteiger partial charge >= 0.3 is 0 Å². The Kier molecular flexibility index (Phi) is 8.90. The van der Waals surface area contributed by atoms with Gasteiger partial charge in [0.15, 0.2) is 5.96 Å². The number of nitrogens with one attached hydrogen (secondary N) is 2. The molecular formula is C14H21Cl2N3S. The fourth-order valence-corrected chi connectivity index (χ4v) is 2.61. The van der Waals surface area contributed by atoms with Gasteiger partial charge in [-0.25, -0.2) is 0 Å². The molecule has 0 bridgehead atoms. The predicted molar refractivity (Wildman–Crippen MR) is 92.3 cm³/mol. The standard InChI is InChI=1S/C14H21Cl2N3S/c1-17-14(18-7-3-4-8-20-2)19-10-11-5-6-12(15)9-13(11)16/h5-6,9H,3-4,7-8,10H2,1-2H3,(H2,17,18,19). The van der Waals surface area contributed by atoms with Crippen LogP contribution in [0.1, 0.15) is 18.4 Å². The van der Waals surface area contributed by atoms with Crippen LogP contribution in [0.15, 0.2) is 23.2 Å². The van der Waals surface area contributed by atoms with Crippen molar-refractivity contribution in [2.75, 3.05) is 25.6 Å². The topological polar surface area (TPSA) is 36.4 Å². The van der Waals surface area contributed by atoms with Gasteiger partial charge in [-0.3, -0.25) is 4.99 Å². The van der Waals surface area contributed by atoms with E-state index < -0.39 is 0 Å². The molecule has 0 unspecified atom stereocenters. The summed E-state index contributed by atoms with van der Waals surface area (Å²) in [6, 6.07) is 5.51. The first kappa shape index (κ1) is 17.5. The predicted octanol–water partition coefficient (Wildman–Crippen LogP) is 3.80. The molecule has 0 fully saturated rings. The first-order valence-corrected chi connectivity index (χ1v) is 8.69. The van der Waals surface area contributed by atoms with Crippen LogP contribution in [0.25, 0.3) is 0 Å². The van der Waals surface area contributed by atoms with Crippen LogP contribution in [0.4, 0.5) is 0 Å². The SMILES string of the molecule is CN=C(NCCCCSC)NCc1ccc(Cl)cc1Cl. The van der Waals surface area contributed by atoms with Crippen molar-refractivity contribution in [3.63, 3.8) is 0 Å². The molecule has 0 radical (unpaired) electrons. The molecule has 0 saturated heterocycles. The van der Waals surface area contributed by atoms with Gasteiger partial charge < -0.3 is 10.6 Å². The molecule has 1 aromatic rings. The Morgan fingerprint density at radius 1 is 1.25 bits per heavy atom. The lowest BCUT2D eigenvalue weighted by atomic mass is 10.2. The Morgan fingerprint density at radius 2 is 2.05 bits per heavy atom. The second kappa shape index (κ2) is 10.2. The lowest BCUT2D eigenvalue weighted by Gasteiger charge is -2.12. The summed E-state index contributed by atoms with van der Waals surface area (Å²) in [4.78, 5) is 4.19. The number of hydrogen-bond acceptors (Lipinski definition) is 2. The molecule has 112 valence electrons. The fraction of sp³-hybridized carbons (Fsp3) is 0.500. The molecule has 0 aliphatic rings. The normalized spacial score (nSPS) is 11.5. The molecule has 1 aromatic carbocycles. The Bertz CT molecular complexity index is 438. The van der Waals surface area contributed by atoms with Gasteiger partial charge in [0.1, 0.15) is 0 Å². The molecule has 0 atom stereocenters. The van der Waals surface area contributed by atoms with Gasteiger partial charge in [0.2, 0.25) is 0 Å². The molecule has 6 heteroatoms. The first-order valence-electron chi connectivity index (χ1n) is 6.54. The maximum Gasteiger partial charge on any atom is 0.191 e. The zero-order valence-electron chi connectivity index (χ0n) is 11.9. The van der Waals surface area contributed by atoms with Gasteiger partial charge in [-0.1, -0.05) is 29.3 Å². The third-order valence-electron chi connectivity index (χ3n) is 2.75. The highest BCUT2D eigenvalue weighted by Crippen LogP contribution is 2.20. The summed E-state index contributed by atoms with van der Waals surface area (Å²) in [6.45, 7) is 1.55. The number of rotatable bonds is 7. The minimum Gasteiger partial charge on any atom is -0.356 e. The Balaban J connectivity index is 2.34. The molecule has 0 aliphatic carbocycles. The van der Waals surface area contributed by atoms with Crippen LogP contribution in [-0.4, -0.2) is 31.6 Å². The number of hydrogen-bond donors (Lipinski definition) is 2. The summed E-state index contributed by atoms with van der Waals surface area (Å²) in [5, 5.41) is 7.85. The average Bonchev–Trinajstić information content (AvgIpc) is 2.43. The number of benzene rings is 1. The molecular weight excluding hydrogens is 313 g/mol. The second-order valence-electron chi connectivity index (χ2n) is 4.29. The molecule has 0 saturated carbocycles. The molecule has 0 amide bonds. The van der Waals surface area contributed by atoms with E-state index in [1.807, 2.05) is 23.9 Å². The molecule has 2 N–H and O–H groups in total. The molecule has 3 nitrogen and oxygen atoms in total. The van der Waals surface area contributed by atoms with Crippen molar-refractivity contribution in [3.05, 3.63) is 33.8 Å². The molecule has 0 heterocycles. The van der Waals surface area contributed by atoms with Gasteiger partial charge in [-0.2, -0.15) is 11.8 Å². The highest BCUT2D eigenvalue weighted by atomic mass is 35.5. The average molecular weight is 334 g/mol. The fourth-order valence-electron chi connectivity index (χ4n) is 1.64. The second-order valence-corrected chi connectivity index (χ2v) is 6.12. The summed E-state index contributed by atoms with van der Waals surface area (Å²) in [6.07, 6.45) is 4.49. The van der Waals surface area contributed by atoms with Crippen LogP contribution >= 0.6 is 35.0 Å². The quantitative estimate of drug-likeness (QED) is 0.452. The van der Waals surface area contributed by atoms with Crippen molar-refractivity contribution in [1.82, 2.24) is 10.6 Å². The van der Waals surface area contributed by atoms with Crippen molar-refractivity contribution in [2.24, 2.45) is 4.99 Å². The van der Waals surface area contributed by atoms with Crippen molar-refractivity contribution in [1.29, 1.82) is 0 Å². The van der Waals surface area contributed by atoms with E-state index in [0.717, 1.165) is 24.5 Å². The van der Waals surface area contributed by atoms with Crippen LogP contribution < -0.4 is 10.6 Å². The summed E-state index contributed by atoms with van der Waals surface area (Å²) >= 11 is 13.9. The molecule has 0 spiro atoms. The monoisotopic (exact) mass is 333 g/mol. The molecule has 0 aliphatic heterocycles. The van der Waals surface area contributed by atoms with E-state index in [1.165, 1.54) is 12.2 Å². The highest BCUT2D eigenvalue weighted by molar-refractivity contribution is 7.98. The van der Waals surface area contributed by atoms with Crippen molar-refractivity contribution in [2.45, 2.75) is 19.4 Å². The van der Waals surface area contributed by atoms with Crippen LogP contribution in [0.2, 0.25) is 10.0 Å². The molecule has 20 heavy (non-hydrogen) atoms. The van der Waals surface area contributed by atoms with Gasteiger partial charge in [0, 0.05) is 30.2 Å². The van der Waals surface area contributed by atoms with E-state index >= 15 is 0 Å². The summed E-state index contributed by atoms with van der Waals surface area (Å²) in [5.74, 6) is 1.99. The summed E-state index contributed by atoms with van der Waals surface area (Å²) in [5.41, 5.74) is 1.00. The Morgan fingerprint density at radius 3 is 2.70 bits per heavy atom. The van der Waals surface area contributed by atoms with E-state index in [-0.39, 0.29) is 0 Å². The number of unbranched alkanes of at least 4 members (excludes halogenated alkanes) is 1. The minimum atomic E-state index is 0.625. The third-order valence-corrected chi connectivity index (χ3v) is 4.04. The number of guanidine groups is 1. The minimum absolute atomic E-state index is 0.625. The summed E-state index contributed by atoms with van der Waals surface area (Å²) in [7, 11) is 1.76. The van der Waals surface area contributed by atoms with Crippen LogP contribution in [0.5, 0.6) is 0 Å². The number of halogens is 2. The number of thioether (sulfide) groups is 1. The van der Waals surface area contributed by atoms with E-state index in [9.17, 15) is 0 Å². The van der Waals surface area contributed by atoms with Gasteiger partial charge in [0.25, 0.3) is 0 Å². The number of aliphatic imine (C=N–C) groups is 1. The van der Waals surface area contributed by atoms with Crippen LogP contribution in [0, 0.1) is 0 Å². The number of nitrogens with zero attached hydrogens (tertiary/aromatic N) is 1. The smallest absolute Gasteiger partial charge is 0.191 e. The van der Waals surface area contributed by atoms with Crippen LogP contribution in [0.3, 0.4) is 0 Å². The van der Waals surface area contributed by atoms with Crippen molar-refractivity contribution in [3.8, 4) is 0 Å². The largest absolute Gasteiger partial charge is 0.356 e. The van der Waals surface area contributed by atoms with Crippen molar-refractivity contribution >= 4 is 40.9 Å². The highest BCUT2D eigenvalue weighted by Gasteiger charge is 2.02. The first-order chi connectivity index (χ1) is 9.67. The van der Waals surface area contributed by atoms with E-state index in [4.69, 9.17) is 23.2 Å². The van der Waals surface area contributed by atoms with E-state index in [0.29, 0.717) is 16.6 Å². The van der Waals surface area contributed by atoms with Gasteiger partial charge in [-0.05, 0) is 42.5 Å². The maximum atomic E-state index is 6.13. The molecule has 0 aromatic heterocycles. The molecule has 1 rings (SSSR count). The Hall–Kier alpha value is -0.580. The van der Waals surface area contributed by atoms with Gasteiger partial charge in [-0.15, -0.1) is 0 Å². The lowest BCUT2D eigenvalue weighted by molar-refractivity contribution is 0.733. The van der Waals surface area contributed by atoms with Gasteiger partial charge in [0.05, 0.1) is 0 Å².